The van der Waals surface area contributed by atoms with Crippen LogP contribution in [0.25, 0.3) is 0 Å². The third-order valence-corrected chi connectivity index (χ3v) is 3.24. The lowest BCUT2D eigenvalue weighted by molar-refractivity contribution is 0.0929. The maximum absolute atomic E-state index is 12.2. The van der Waals surface area contributed by atoms with Gasteiger partial charge in [-0.1, -0.05) is 13.0 Å². The molecule has 1 saturated heterocycles. The number of nitrogens with one attached hydrogen (secondary N) is 2. The molecule has 2 N–H and O–H groups in total. The summed E-state index contributed by atoms with van der Waals surface area (Å²) in [5.41, 5.74) is 0.673. The normalized spacial score (nSPS) is 16.1. The van der Waals surface area contributed by atoms with Crippen molar-refractivity contribution in [2.75, 3.05) is 19.7 Å². The van der Waals surface area contributed by atoms with E-state index in [0.717, 1.165) is 38.1 Å². The highest BCUT2D eigenvalue weighted by molar-refractivity contribution is 5.94. The first-order valence-corrected chi connectivity index (χ1v) is 7.04. The Labute approximate surface area is 114 Å². The van der Waals surface area contributed by atoms with Crippen molar-refractivity contribution in [3.05, 3.63) is 29.8 Å². The number of hydrogen-bond acceptors (Lipinski definition) is 3. The van der Waals surface area contributed by atoms with Gasteiger partial charge in [0.2, 0.25) is 0 Å². The average Bonchev–Trinajstić information content (AvgIpc) is 2.46. The van der Waals surface area contributed by atoms with E-state index in [1.165, 1.54) is 0 Å². The Bertz CT molecular complexity index is 414. The molecule has 19 heavy (non-hydrogen) atoms. The molecule has 1 heterocycles. The van der Waals surface area contributed by atoms with Crippen LogP contribution in [-0.2, 0) is 0 Å². The van der Waals surface area contributed by atoms with Gasteiger partial charge in [-0.3, -0.25) is 4.79 Å². The van der Waals surface area contributed by atoms with Crippen LogP contribution in [0.5, 0.6) is 5.75 Å². The van der Waals surface area contributed by atoms with Crippen molar-refractivity contribution in [2.24, 2.45) is 0 Å². The summed E-state index contributed by atoms with van der Waals surface area (Å²) >= 11 is 0. The number of rotatable bonds is 5. The molecule has 0 bridgehead atoms. The van der Waals surface area contributed by atoms with Crippen LogP contribution in [0.4, 0.5) is 0 Å². The molecule has 1 aromatic rings. The lowest BCUT2D eigenvalue weighted by atomic mass is 10.1. The van der Waals surface area contributed by atoms with Gasteiger partial charge in [-0.2, -0.15) is 0 Å². The number of carbonyl (C=O) groups is 1. The molecule has 0 unspecified atom stereocenters. The van der Waals surface area contributed by atoms with E-state index in [2.05, 4.69) is 17.6 Å². The average molecular weight is 262 g/mol. The highest BCUT2D eigenvalue weighted by atomic mass is 16.5. The first-order chi connectivity index (χ1) is 9.29. The van der Waals surface area contributed by atoms with Crippen LogP contribution in [0.2, 0.25) is 0 Å². The maximum Gasteiger partial charge on any atom is 0.251 e. The van der Waals surface area contributed by atoms with Gasteiger partial charge >= 0.3 is 0 Å². The Kier molecular flexibility index (Phi) is 5.21. The van der Waals surface area contributed by atoms with E-state index in [1.54, 1.807) is 0 Å². The van der Waals surface area contributed by atoms with Crippen molar-refractivity contribution in [1.82, 2.24) is 10.6 Å². The minimum absolute atomic E-state index is 0.00570. The lowest BCUT2D eigenvalue weighted by Crippen LogP contribution is -2.42. The highest BCUT2D eigenvalue weighted by Gasteiger charge is 2.16. The molecule has 0 aliphatic carbocycles. The van der Waals surface area contributed by atoms with Crippen LogP contribution >= 0.6 is 0 Å². The topological polar surface area (TPSA) is 50.4 Å². The molecule has 104 valence electrons. The van der Waals surface area contributed by atoms with Crippen LogP contribution < -0.4 is 15.4 Å². The van der Waals surface area contributed by atoms with Crippen LogP contribution in [0, 0.1) is 0 Å². The first-order valence-electron chi connectivity index (χ1n) is 7.04. The Morgan fingerprint density at radius 3 is 2.95 bits per heavy atom. The quantitative estimate of drug-likeness (QED) is 0.853. The number of benzene rings is 1. The van der Waals surface area contributed by atoms with Crippen molar-refractivity contribution >= 4 is 5.91 Å². The first kappa shape index (κ1) is 13.9. The molecule has 0 saturated carbocycles. The Hall–Kier alpha value is -1.55. The van der Waals surface area contributed by atoms with E-state index in [1.807, 2.05) is 24.3 Å². The molecule has 1 amide bonds. The van der Waals surface area contributed by atoms with Gasteiger partial charge in [0.25, 0.3) is 5.91 Å². The van der Waals surface area contributed by atoms with Crippen molar-refractivity contribution in [2.45, 2.75) is 32.2 Å². The van der Waals surface area contributed by atoms with E-state index in [0.29, 0.717) is 12.2 Å². The molecule has 0 atom stereocenters. The molecule has 0 aromatic heterocycles. The van der Waals surface area contributed by atoms with Crippen molar-refractivity contribution in [1.29, 1.82) is 0 Å². The fraction of sp³-hybridized carbons (Fsp3) is 0.533. The molecule has 0 spiro atoms. The van der Waals surface area contributed by atoms with E-state index >= 15 is 0 Å². The summed E-state index contributed by atoms with van der Waals surface area (Å²) in [6.45, 7) is 4.70. The Morgan fingerprint density at radius 1 is 1.42 bits per heavy atom. The fourth-order valence-corrected chi connectivity index (χ4v) is 2.18. The number of hydrogen-bond donors (Lipinski definition) is 2. The monoisotopic (exact) mass is 262 g/mol. The number of piperidine rings is 1. The number of ether oxygens (including phenoxy) is 1. The number of carbonyl (C=O) groups excluding carboxylic acids is 1. The molecule has 0 radical (unpaired) electrons. The molecule has 1 aliphatic rings. The Balaban J connectivity index is 1.93. The predicted octanol–water partition coefficient (Wildman–Crippen LogP) is 1.96. The predicted molar refractivity (Wildman–Crippen MR) is 75.6 cm³/mol. The second kappa shape index (κ2) is 7.14. The van der Waals surface area contributed by atoms with Crippen LogP contribution in [0.15, 0.2) is 24.3 Å². The van der Waals surface area contributed by atoms with Gasteiger partial charge in [0.1, 0.15) is 5.75 Å². The molecule has 1 aliphatic heterocycles. The molecular weight excluding hydrogens is 240 g/mol. The largest absolute Gasteiger partial charge is 0.494 e. The van der Waals surface area contributed by atoms with Crippen molar-refractivity contribution in [3.8, 4) is 5.75 Å². The van der Waals surface area contributed by atoms with Crippen LogP contribution in [-0.4, -0.2) is 31.6 Å². The summed E-state index contributed by atoms with van der Waals surface area (Å²) in [7, 11) is 0. The molecule has 4 heteroatoms. The zero-order chi connectivity index (χ0) is 13.5. The molecular formula is C15H22N2O2. The highest BCUT2D eigenvalue weighted by Crippen LogP contribution is 2.14. The zero-order valence-electron chi connectivity index (χ0n) is 11.4. The van der Waals surface area contributed by atoms with Crippen LogP contribution in [0.3, 0.4) is 0 Å². The molecule has 1 aromatic carbocycles. The summed E-state index contributed by atoms with van der Waals surface area (Å²) < 4.78 is 5.55. The van der Waals surface area contributed by atoms with Crippen molar-refractivity contribution < 1.29 is 9.53 Å². The maximum atomic E-state index is 12.2. The third kappa shape index (κ3) is 4.24. The summed E-state index contributed by atoms with van der Waals surface area (Å²) in [4.78, 5) is 12.2. The van der Waals surface area contributed by atoms with Gasteiger partial charge in [0.15, 0.2) is 0 Å². The van der Waals surface area contributed by atoms with E-state index in [4.69, 9.17) is 4.74 Å². The van der Waals surface area contributed by atoms with Gasteiger partial charge < -0.3 is 15.4 Å². The summed E-state index contributed by atoms with van der Waals surface area (Å²) in [5.74, 6) is 0.758. The minimum Gasteiger partial charge on any atom is -0.494 e. The third-order valence-electron chi connectivity index (χ3n) is 3.24. The van der Waals surface area contributed by atoms with Gasteiger partial charge in [0.05, 0.1) is 6.61 Å². The van der Waals surface area contributed by atoms with E-state index in [-0.39, 0.29) is 11.9 Å². The summed E-state index contributed by atoms with van der Waals surface area (Å²) in [6, 6.07) is 7.68. The summed E-state index contributed by atoms with van der Waals surface area (Å²) in [6.07, 6.45) is 2.96. The van der Waals surface area contributed by atoms with E-state index in [9.17, 15) is 4.79 Å². The van der Waals surface area contributed by atoms with Gasteiger partial charge in [-0.05, 0) is 50.6 Å². The van der Waals surface area contributed by atoms with Crippen LogP contribution in [0.1, 0.15) is 36.5 Å². The van der Waals surface area contributed by atoms with Gasteiger partial charge in [-0.15, -0.1) is 0 Å². The second-order valence-electron chi connectivity index (χ2n) is 4.87. The zero-order valence-corrected chi connectivity index (χ0v) is 11.4. The second-order valence-corrected chi connectivity index (χ2v) is 4.87. The SMILES string of the molecule is CCCOc1cccc(C(=O)NC2CCNCC2)c1. The van der Waals surface area contributed by atoms with Gasteiger partial charge in [0, 0.05) is 11.6 Å². The standard InChI is InChI=1S/C15H22N2O2/c1-2-10-19-14-5-3-4-12(11-14)15(18)17-13-6-8-16-9-7-13/h3-5,11,13,16H,2,6-10H2,1H3,(H,17,18). The number of amides is 1. The fourth-order valence-electron chi connectivity index (χ4n) is 2.18. The molecule has 1 fully saturated rings. The summed E-state index contributed by atoms with van der Waals surface area (Å²) in [5, 5.41) is 6.37. The Morgan fingerprint density at radius 2 is 2.21 bits per heavy atom. The van der Waals surface area contributed by atoms with E-state index < -0.39 is 0 Å². The van der Waals surface area contributed by atoms with Gasteiger partial charge in [-0.25, -0.2) is 0 Å². The van der Waals surface area contributed by atoms with Crippen molar-refractivity contribution in [3.63, 3.8) is 0 Å². The molecule has 2 rings (SSSR count). The lowest BCUT2D eigenvalue weighted by Gasteiger charge is -2.23. The minimum atomic E-state index is -0.00570. The molecule has 4 nitrogen and oxygen atoms in total. The smallest absolute Gasteiger partial charge is 0.251 e.